The number of carbonyl (C=O) groups is 5. The lowest BCUT2D eigenvalue weighted by molar-refractivity contribution is -0.150. The van der Waals surface area contributed by atoms with Crippen LogP contribution in [0.15, 0.2) is 0 Å². The van der Waals surface area contributed by atoms with Gasteiger partial charge in [0, 0.05) is 12.8 Å². The van der Waals surface area contributed by atoms with E-state index in [-0.39, 0.29) is 26.1 Å². The van der Waals surface area contributed by atoms with Crippen LogP contribution >= 0.6 is 0 Å². The second-order valence-electron chi connectivity index (χ2n) is 4.12. The summed E-state index contributed by atoms with van der Waals surface area (Å²) in [5.41, 5.74) is 0. The summed E-state index contributed by atoms with van der Waals surface area (Å²) in [6.07, 6.45) is -3.83. The fourth-order valence-electron chi connectivity index (χ4n) is 1.69. The van der Waals surface area contributed by atoms with Crippen molar-refractivity contribution in [2.45, 2.75) is 32.9 Å². The van der Waals surface area contributed by atoms with E-state index < -0.39 is 36.1 Å². The molecule has 1 heterocycles. The third kappa shape index (κ3) is 4.43. The number of rotatable bonds is 5. The maximum atomic E-state index is 12.2. The number of carbonyl (C=O) groups excluding carboxylic acids is 5. The highest BCUT2D eigenvalue weighted by Gasteiger charge is 2.39. The van der Waals surface area contributed by atoms with E-state index in [4.69, 9.17) is 0 Å². The number of ether oxygens (including phenoxy) is 2. The molecule has 0 aromatic carbocycles. The molecule has 1 aliphatic rings. The minimum Gasteiger partial charge on any atom is -0.450 e. The molecule has 0 radical (unpaired) electrons. The van der Waals surface area contributed by atoms with Crippen molar-refractivity contribution >= 4 is 29.9 Å². The van der Waals surface area contributed by atoms with Crippen LogP contribution < -0.4 is 10.6 Å². The van der Waals surface area contributed by atoms with E-state index in [1.807, 2.05) is 0 Å². The van der Waals surface area contributed by atoms with Crippen LogP contribution in [-0.4, -0.2) is 54.2 Å². The van der Waals surface area contributed by atoms with Gasteiger partial charge in [0.05, 0.1) is 13.2 Å². The minimum absolute atomic E-state index is 0.0354. The first-order chi connectivity index (χ1) is 10.4. The molecule has 0 aromatic rings. The predicted molar refractivity (Wildman–Crippen MR) is 70.2 cm³/mol. The van der Waals surface area contributed by atoms with Crippen molar-refractivity contribution in [2.75, 3.05) is 13.2 Å². The van der Waals surface area contributed by atoms with E-state index in [9.17, 15) is 24.0 Å². The van der Waals surface area contributed by atoms with Gasteiger partial charge in [-0.3, -0.25) is 25.0 Å². The van der Waals surface area contributed by atoms with Gasteiger partial charge in [-0.05, 0) is 13.8 Å². The fraction of sp³-hybridized carbons (Fsp3) is 0.583. The van der Waals surface area contributed by atoms with Crippen LogP contribution in [0.5, 0.6) is 0 Å². The lowest BCUT2D eigenvalue weighted by atomic mass is 10.4. The molecule has 1 fully saturated rings. The average molecular weight is 315 g/mol. The van der Waals surface area contributed by atoms with Gasteiger partial charge in [0.15, 0.2) is 6.17 Å². The Morgan fingerprint density at radius 1 is 1.00 bits per heavy atom. The molecule has 0 bridgehead atoms. The van der Waals surface area contributed by atoms with Crippen molar-refractivity contribution in [3.8, 4) is 0 Å². The van der Waals surface area contributed by atoms with Crippen molar-refractivity contribution < 1.29 is 33.4 Å². The molecule has 22 heavy (non-hydrogen) atoms. The molecule has 2 N–H and O–H groups in total. The van der Waals surface area contributed by atoms with Crippen molar-refractivity contribution in [3.05, 3.63) is 0 Å². The summed E-state index contributed by atoms with van der Waals surface area (Å²) in [5.74, 6) is -2.47. The van der Waals surface area contributed by atoms with Crippen molar-refractivity contribution in [3.63, 3.8) is 0 Å². The van der Waals surface area contributed by atoms with E-state index >= 15 is 0 Å². The number of alkyl carbamates (subject to hydrolysis) is 2. The lowest BCUT2D eigenvalue weighted by Crippen LogP contribution is -2.58. The summed E-state index contributed by atoms with van der Waals surface area (Å²) >= 11 is 0. The largest absolute Gasteiger partial charge is 0.450 e. The zero-order valence-corrected chi connectivity index (χ0v) is 12.2. The van der Waals surface area contributed by atoms with Crippen LogP contribution in [0.1, 0.15) is 26.7 Å². The van der Waals surface area contributed by atoms with E-state index in [1.54, 1.807) is 13.8 Å². The smallest absolute Gasteiger partial charge is 0.409 e. The first-order valence-corrected chi connectivity index (χ1v) is 6.66. The Morgan fingerprint density at radius 2 is 1.41 bits per heavy atom. The van der Waals surface area contributed by atoms with Crippen LogP contribution in [0.2, 0.25) is 0 Å². The molecule has 10 heteroatoms. The fourth-order valence-corrected chi connectivity index (χ4v) is 1.69. The Morgan fingerprint density at radius 3 is 1.77 bits per heavy atom. The number of amides is 5. The molecule has 0 aromatic heterocycles. The Kier molecular flexibility index (Phi) is 6.29. The number of nitrogens with one attached hydrogen (secondary N) is 2. The number of likely N-dealkylation sites (tertiary alicyclic amines) is 1. The standard InChI is InChI=1S/C12H17N3O7/c1-3-21-11(19)13-9(14-12(20)22-4-2)10(18)15-7(16)5-6-8(15)17/h9H,3-6H2,1-2H3,(H,13,19)(H,14,20). The van der Waals surface area contributed by atoms with Crippen molar-refractivity contribution in [1.82, 2.24) is 15.5 Å². The van der Waals surface area contributed by atoms with Gasteiger partial charge in [-0.1, -0.05) is 0 Å². The summed E-state index contributed by atoms with van der Waals surface area (Å²) in [7, 11) is 0. The monoisotopic (exact) mass is 315 g/mol. The SMILES string of the molecule is CCOC(=O)NC(NC(=O)OCC)C(=O)N1C(=O)CCC1=O. The predicted octanol–water partition coefficient (Wildman–Crippen LogP) is -0.520. The Hall–Kier alpha value is -2.65. The maximum absolute atomic E-state index is 12.2. The van der Waals surface area contributed by atoms with Crippen LogP contribution in [0.4, 0.5) is 9.59 Å². The number of imide groups is 3. The first-order valence-electron chi connectivity index (χ1n) is 6.66. The van der Waals surface area contributed by atoms with E-state index in [0.29, 0.717) is 4.90 Å². The summed E-state index contributed by atoms with van der Waals surface area (Å²) in [5, 5.41) is 4.11. The highest BCUT2D eigenvalue weighted by Crippen LogP contribution is 2.12. The van der Waals surface area contributed by atoms with Gasteiger partial charge >= 0.3 is 12.2 Å². The second-order valence-corrected chi connectivity index (χ2v) is 4.12. The second kappa shape index (κ2) is 7.96. The van der Waals surface area contributed by atoms with Gasteiger partial charge < -0.3 is 9.47 Å². The quantitative estimate of drug-likeness (QED) is 0.515. The molecule has 5 amide bonds. The molecule has 0 atom stereocenters. The molecular weight excluding hydrogens is 298 g/mol. The molecule has 0 aliphatic carbocycles. The van der Waals surface area contributed by atoms with Gasteiger partial charge in [-0.15, -0.1) is 0 Å². The first kappa shape index (κ1) is 17.4. The molecule has 0 saturated carbocycles. The molecule has 1 aliphatic heterocycles. The van der Waals surface area contributed by atoms with Gasteiger partial charge in [-0.25, -0.2) is 14.5 Å². The number of hydrogen-bond donors (Lipinski definition) is 2. The van der Waals surface area contributed by atoms with Gasteiger partial charge in [0.2, 0.25) is 11.8 Å². The molecule has 1 rings (SSSR count). The third-order valence-corrected chi connectivity index (χ3v) is 2.59. The summed E-state index contributed by atoms with van der Waals surface area (Å²) < 4.78 is 9.20. The topological polar surface area (TPSA) is 131 Å². The molecule has 1 saturated heterocycles. The maximum Gasteiger partial charge on any atom is 0.409 e. The number of hydrogen-bond acceptors (Lipinski definition) is 7. The van der Waals surface area contributed by atoms with Crippen LogP contribution in [0, 0.1) is 0 Å². The number of nitrogens with zero attached hydrogens (tertiary/aromatic N) is 1. The average Bonchev–Trinajstić information content (AvgIpc) is 2.77. The highest BCUT2D eigenvalue weighted by atomic mass is 16.6. The zero-order chi connectivity index (χ0) is 16.7. The van der Waals surface area contributed by atoms with Gasteiger partial charge in [0.25, 0.3) is 5.91 Å². The van der Waals surface area contributed by atoms with E-state index in [1.165, 1.54) is 0 Å². The summed E-state index contributed by atoms with van der Waals surface area (Å²) in [6, 6.07) is 0. The minimum atomic E-state index is -1.65. The highest BCUT2D eigenvalue weighted by molar-refractivity contribution is 6.16. The van der Waals surface area contributed by atoms with E-state index in [2.05, 4.69) is 20.1 Å². The van der Waals surface area contributed by atoms with Crippen molar-refractivity contribution in [1.29, 1.82) is 0 Å². The third-order valence-electron chi connectivity index (χ3n) is 2.59. The van der Waals surface area contributed by atoms with Gasteiger partial charge in [0.1, 0.15) is 0 Å². The Balaban J connectivity index is 2.85. The molecule has 10 nitrogen and oxygen atoms in total. The zero-order valence-electron chi connectivity index (χ0n) is 12.2. The van der Waals surface area contributed by atoms with Gasteiger partial charge in [-0.2, -0.15) is 0 Å². The van der Waals surface area contributed by atoms with Crippen LogP contribution in [0.3, 0.4) is 0 Å². The van der Waals surface area contributed by atoms with E-state index in [0.717, 1.165) is 0 Å². The Bertz CT molecular complexity index is 455. The normalized spacial score (nSPS) is 14.0. The molecule has 0 spiro atoms. The molecular formula is C12H17N3O7. The molecule has 122 valence electrons. The van der Waals surface area contributed by atoms with Crippen molar-refractivity contribution in [2.24, 2.45) is 0 Å². The Labute approximate surface area is 126 Å². The molecule has 0 unspecified atom stereocenters. The summed E-state index contributed by atoms with van der Waals surface area (Å²) in [6.45, 7) is 3.16. The van der Waals surface area contributed by atoms with Crippen LogP contribution in [-0.2, 0) is 23.9 Å². The van der Waals surface area contributed by atoms with Crippen LogP contribution in [0.25, 0.3) is 0 Å². The lowest BCUT2D eigenvalue weighted by Gasteiger charge is -2.22. The summed E-state index contributed by atoms with van der Waals surface area (Å²) in [4.78, 5) is 58.5.